The SMILES string of the molecule is Cc1cc(Cl)cc(OC[C@@H]2[C@@H](CCCc3ccc(C)s3)[C@H](C#N)C[C@H]2OC2CCCCO2)c1. The number of rotatable bonds is 9. The third-order valence-corrected chi connectivity index (χ3v) is 8.15. The molecular weight excluding hydrogens is 454 g/mol. The number of nitriles is 1. The van der Waals surface area contributed by atoms with Gasteiger partial charge in [-0.05, 0) is 101 Å². The van der Waals surface area contributed by atoms with Gasteiger partial charge in [0.1, 0.15) is 5.75 Å². The lowest BCUT2D eigenvalue weighted by atomic mass is 9.85. The summed E-state index contributed by atoms with van der Waals surface area (Å²) in [6, 6.07) is 12.8. The summed E-state index contributed by atoms with van der Waals surface area (Å²) in [4.78, 5) is 2.77. The van der Waals surface area contributed by atoms with Crippen molar-refractivity contribution in [1.29, 1.82) is 5.26 Å². The summed E-state index contributed by atoms with van der Waals surface area (Å²) in [7, 11) is 0. The van der Waals surface area contributed by atoms with Crippen LogP contribution in [0, 0.1) is 42.9 Å². The second-order valence-corrected chi connectivity index (χ2v) is 11.3. The second kappa shape index (κ2) is 11.7. The highest BCUT2D eigenvalue weighted by molar-refractivity contribution is 7.11. The van der Waals surface area contributed by atoms with Crippen molar-refractivity contribution in [3.8, 4) is 11.8 Å². The molecule has 4 rings (SSSR count). The van der Waals surface area contributed by atoms with Gasteiger partial charge in [0.2, 0.25) is 0 Å². The topological polar surface area (TPSA) is 51.5 Å². The van der Waals surface area contributed by atoms with E-state index in [4.69, 9.17) is 25.8 Å². The van der Waals surface area contributed by atoms with Gasteiger partial charge in [-0.3, -0.25) is 0 Å². The van der Waals surface area contributed by atoms with E-state index in [-0.39, 0.29) is 30.1 Å². The van der Waals surface area contributed by atoms with Gasteiger partial charge in [0.15, 0.2) is 6.29 Å². The molecule has 33 heavy (non-hydrogen) atoms. The minimum Gasteiger partial charge on any atom is -0.493 e. The van der Waals surface area contributed by atoms with Crippen molar-refractivity contribution >= 4 is 22.9 Å². The van der Waals surface area contributed by atoms with Crippen LogP contribution >= 0.6 is 22.9 Å². The van der Waals surface area contributed by atoms with Crippen molar-refractivity contribution in [1.82, 2.24) is 0 Å². The largest absolute Gasteiger partial charge is 0.493 e. The van der Waals surface area contributed by atoms with E-state index >= 15 is 0 Å². The fourth-order valence-electron chi connectivity index (χ4n) is 5.25. The molecule has 2 aromatic rings. The monoisotopic (exact) mass is 487 g/mol. The molecule has 0 spiro atoms. The number of hydrogen-bond acceptors (Lipinski definition) is 5. The minimum absolute atomic E-state index is 0.0154. The summed E-state index contributed by atoms with van der Waals surface area (Å²) in [5.41, 5.74) is 1.07. The molecule has 2 aliphatic rings. The third kappa shape index (κ3) is 6.73. The van der Waals surface area contributed by atoms with Gasteiger partial charge in [0.25, 0.3) is 0 Å². The van der Waals surface area contributed by atoms with E-state index in [2.05, 4.69) is 25.1 Å². The third-order valence-electron chi connectivity index (χ3n) is 6.88. The van der Waals surface area contributed by atoms with Gasteiger partial charge in [-0.2, -0.15) is 5.26 Å². The predicted molar refractivity (Wildman–Crippen MR) is 133 cm³/mol. The Kier molecular flexibility index (Phi) is 8.71. The molecule has 1 saturated carbocycles. The van der Waals surface area contributed by atoms with Crippen molar-refractivity contribution in [2.45, 2.75) is 71.2 Å². The molecule has 0 N–H and O–H groups in total. The zero-order valence-electron chi connectivity index (χ0n) is 19.6. The Labute approximate surface area is 206 Å². The van der Waals surface area contributed by atoms with E-state index in [0.717, 1.165) is 62.9 Å². The van der Waals surface area contributed by atoms with Gasteiger partial charge in [-0.15, -0.1) is 11.3 Å². The first-order valence-electron chi connectivity index (χ1n) is 12.1. The molecule has 1 aliphatic carbocycles. The Bertz CT molecular complexity index is 929. The van der Waals surface area contributed by atoms with Crippen LogP contribution in [0.5, 0.6) is 5.75 Å². The zero-order valence-corrected chi connectivity index (χ0v) is 21.2. The maximum Gasteiger partial charge on any atom is 0.157 e. The molecule has 0 amide bonds. The van der Waals surface area contributed by atoms with Crippen LogP contribution in [0.25, 0.3) is 0 Å². The molecule has 5 atom stereocenters. The van der Waals surface area contributed by atoms with Crippen LogP contribution in [0.2, 0.25) is 5.02 Å². The molecule has 1 unspecified atom stereocenters. The van der Waals surface area contributed by atoms with Crippen LogP contribution in [0.15, 0.2) is 30.3 Å². The molecule has 2 heterocycles. The molecule has 2 fully saturated rings. The average molecular weight is 488 g/mol. The number of halogens is 1. The normalized spacial score (nSPS) is 27.4. The number of benzene rings is 1. The molecule has 6 heteroatoms. The first-order chi connectivity index (χ1) is 16.0. The molecule has 0 radical (unpaired) electrons. The van der Waals surface area contributed by atoms with Crippen molar-refractivity contribution in [2.24, 2.45) is 17.8 Å². The molecule has 1 saturated heterocycles. The summed E-state index contributed by atoms with van der Waals surface area (Å²) in [5, 5.41) is 10.6. The van der Waals surface area contributed by atoms with Gasteiger partial charge in [-0.25, -0.2) is 0 Å². The van der Waals surface area contributed by atoms with Gasteiger partial charge >= 0.3 is 0 Å². The van der Waals surface area contributed by atoms with Crippen molar-refractivity contribution < 1.29 is 14.2 Å². The number of nitrogens with zero attached hydrogens (tertiary/aromatic N) is 1. The average Bonchev–Trinajstić information content (AvgIpc) is 3.35. The van der Waals surface area contributed by atoms with E-state index in [1.807, 2.05) is 36.5 Å². The van der Waals surface area contributed by atoms with Crippen molar-refractivity contribution in [3.05, 3.63) is 50.7 Å². The van der Waals surface area contributed by atoms with Crippen LogP contribution in [0.4, 0.5) is 0 Å². The number of thiophene rings is 1. The van der Waals surface area contributed by atoms with E-state index in [9.17, 15) is 5.26 Å². The zero-order chi connectivity index (χ0) is 23.2. The number of hydrogen-bond donors (Lipinski definition) is 0. The van der Waals surface area contributed by atoms with E-state index < -0.39 is 0 Å². The van der Waals surface area contributed by atoms with Gasteiger partial charge in [0.05, 0.1) is 24.7 Å². The summed E-state index contributed by atoms with van der Waals surface area (Å²) in [5.74, 6) is 1.17. The lowest BCUT2D eigenvalue weighted by molar-refractivity contribution is -0.197. The molecule has 1 aromatic carbocycles. The highest BCUT2D eigenvalue weighted by Crippen LogP contribution is 2.43. The first-order valence-corrected chi connectivity index (χ1v) is 13.3. The Morgan fingerprint density at radius 1 is 1.18 bits per heavy atom. The fourth-order valence-corrected chi connectivity index (χ4v) is 6.46. The quantitative estimate of drug-likeness (QED) is 0.378. The molecule has 0 bridgehead atoms. The van der Waals surface area contributed by atoms with Gasteiger partial charge in [0, 0.05) is 27.3 Å². The Hall–Kier alpha value is -1.58. The molecular formula is C27H34ClNO3S. The molecule has 1 aromatic heterocycles. The molecule has 1 aliphatic heterocycles. The molecule has 178 valence electrons. The lowest BCUT2D eigenvalue weighted by Gasteiger charge is -2.30. The van der Waals surface area contributed by atoms with Gasteiger partial charge < -0.3 is 14.2 Å². The summed E-state index contributed by atoms with van der Waals surface area (Å²) < 4.78 is 18.6. The van der Waals surface area contributed by atoms with Crippen molar-refractivity contribution in [2.75, 3.05) is 13.2 Å². The van der Waals surface area contributed by atoms with E-state index in [1.54, 1.807) is 0 Å². The van der Waals surface area contributed by atoms with E-state index in [0.29, 0.717) is 11.6 Å². The van der Waals surface area contributed by atoms with E-state index in [1.165, 1.54) is 9.75 Å². The minimum atomic E-state index is -0.160. The summed E-state index contributed by atoms with van der Waals surface area (Å²) in [6.07, 6.45) is 6.86. The second-order valence-electron chi connectivity index (χ2n) is 9.45. The van der Waals surface area contributed by atoms with Crippen LogP contribution in [0.3, 0.4) is 0 Å². The smallest absolute Gasteiger partial charge is 0.157 e. The predicted octanol–water partition coefficient (Wildman–Crippen LogP) is 7.11. The molecule has 4 nitrogen and oxygen atoms in total. The van der Waals surface area contributed by atoms with Crippen LogP contribution < -0.4 is 4.74 Å². The number of aryl methyl sites for hydroxylation is 3. The van der Waals surface area contributed by atoms with Crippen LogP contribution in [-0.2, 0) is 15.9 Å². The highest BCUT2D eigenvalue weighted by atomic mass is 35.5. The Balaban J connectivity index is 1.45. The number of ether oxygens (including phenoxy) is 3. The maximum atomic E-state index is 9.96. The lowest BCUT2D eigenvalue weighted by Crippen LogP contribution is -2.34. The maximum absolute atomic E-state index is 9.96. The highest BCUT2D eigenvalue weighted by Gasteiger charge is 2.45. The van der Waals surface area contributed by atoms with Crippen molar-refractivity contribution in [3.63, 3.8) is 0 Å². The van der Waals surface area contributed by atoms with Gasteiger partial charge in [-0.1, -0.05) is 11.6 Å². The summed E-state index contributed by atoms with van der Waals surface area (Å²) in [6.45, 7) is 5.45. The van der Waals surface area contributed by atoms with Crippen LogP contribution in [0.1, 0.15) is 53.8 Å². The van der Waals surface area contributed by atoms with Crippen LogP contribution in [-0.4, -0.2) is 25.6 Å². The standard InChI is InChI=1S/C27H34ClNO3S/c1-18-12-21(28)15-22(13-18)31-17-25-24(7-5-6-23-10-9-19(2)33-23)20(16-29)14-26(25)32-27-8-3-4-11-30-27/h9-10,12-13,15,20,24-27H,3-8,11,14,17H2,1-2H3/t20-,24-,25+,26+,27?/m0/s1. The first kappa shape index (κ1) is 24.5. The Morgan fingerprint density at radius 3 is 2.76 bits per heavy atom. The Morgan fingerprint density at radius 2 is 2.06 bits per heavy atom. The fraction of sp³-hybridized carbons (Fsp3) is 0.593. The summed E-state index contributed by atoms with van der Waals surface area (Å²) >= 11 is 8.11.